The lowest BCUT2D eigenvalue weighted by molar-refractivity contribution is 0.00350. The number of hydrogen-bond acceptors (Lipinski definition) is 2. The maximum Gasteiger partial charge on any atom is 0.161 e. The largest absolute Gasteiger partial charge is 0.486 e. The van der Waals surface area contributed by atoms with Gasteiger partial charge in [-0.2, -0.15) is 0 Å². The van der Waals surface area contributed by atoms with E-state index in [1.165, 1.54) is 0 Å². The van der Waals surface area contributed by atoms with Crippen LogP contribution in [0.25, 0.3) is 0 Å². The molecule has 1 rings (SSSR count). The number of rotatable bonds is 4. The Labute approximate surface area is 79.5 Å². The van der Waals surface area contributed by atoms with E-state index in [4.69, 9.17) is 9.47 Å². The minimum absolute atomic E-state index is 0.168. The second-order valence-electron chi connectivity index (χ2n) is 2.98. The van der Waals surface area contributed by atoms with Crippen molar-refractivity contribution in [3.05, 3.63) is 36.8 Å². The smallest absolute Gasteiger partial charge is 0.161 e. The van der Waals surface area contributed by atoms with E-state index in [0.29, 0.717) is 18.1 Å². The topological polar surface area (TPSA) is 18.5 Å². The molecule has 1 aliphatic heterocycles. The number of ether oxygens (including phenoxy) is 2. The van der Waals surface area contributed by atoms with Crippen molar-refractivity contribution in [3.8, 4) is 0 Å². The molecule has 1 atom stereocenters. The molecule has 0 amide bonds. The molecule has 0 fully saturated rings. The van der Waals surface area contributed by atoms with Crippen LogP contribution in [0.4, 0.5) is 0 Å². The van der Waals surface area contributed by atoms with Crippen LogP contribution in [-0.4, -0.2) is 12.7 Å². The van der Waals surface area contributed by atoms with E-state index < -0.39 is 0 Å². The monoisotopic (exact) mass is 180 g/mol. The molecule has 0 saturated carbocycles. The first-order valence-corrected chi connectivity index (χ1v) is 4.60. The first-order chi connectivity index (χ1) is 6.31. The summed E-state index contributed by atoms with van der Waals surface area (Å²) in [5.41, 5.74) is 0. The molecule has 72 valence electrons. The van der Waals surface area contributed by atoms with E-state index in [0.717, 1.165) is 12.8 Å². The summed E-state index contributed by atoms with van der Waals surface area (Å²) < 4.78 is 11.1. The first-order valence-electron chi connectivity index (χ1n) is 4.60. The molecule has 0 aromatic heterocycles. The van der Waals surface area contributed by atoms with E-state index in [9.17, 15) is 0 Å². The van der Waals surface area contributed by atoms with E-state index in [1.54, 1.807) is 12.2 Å². The second-order valence-corrected chi connectivity index (χ2v) is 2.98. The molecule has 2 heteroatoms. The van der Waals surface area contributed by atoms with Crippen molar-refractivity contribution in [2.24, 2.45) is 0 Å². The Hall–Kier alpha value is -1.18. The van der Waals surface area contributed by atoms with Gasteiger partial charge >= 0.3 is 0 Å². The summed E-state index contributed by atoms with van der Waals surface area (Å²) in [6, 6.07) is 0. The molecule has 0 spiro atoms. The van der Waals surface area contributed by atoms with E-state index in [2.05, 4.69) is 20.1 Å². The Morgan fingerprint density at radius 2 is 2.08 bits per heavy atom. The van der Waals surface area contributed by atoms with Crippen LogP contribution in [0, 0.1) is 0 Å². The molecule has 0 aromatic carbocycles. The van der Waals surface area contributed by atoms with Crippen LogP contribution < -0.4 is 0 Å². The van der Waals surface area contributed by atoms with Gasteiger partial charge in [-0.1, -0.05) is 26.5 Å². The molecular weight excluding hydrogens is 164 g/mol. The lowest BCUT2D eigenvalue weighted by Crippen LogP contribution is -2.24. The summed E-state index contributed by atoms with van der Waals surface area (Å²) in [6.07, 6.45) is 5.60. The SMILES string of the molecule is C=CC1=C(C=C)OC(CCC)CO1. The molecule has 0 saturated heterocycles. The quantitative estimate of drug-likeness (QED) is 0.662. The van der Waals surface area contributed by atoms with Gasteiger partial charge in [-0.3, -0.25) is 0 Å². The van der Waals surface area contributed by atoms with Crippen molar-refractivity contribution in [1.82, 2.24) is 0 Å². The average Bonchev–Trinajstić information content (AvgIpc) is 2.18. The molecule has 1 unspecified atom stereocenters. The Kier molecular flexibility index (Phi) is 3.62. The maximum absolute atomic E-state index is 5.64. The number of allylic oxidation sites excluding steroid dienone is 2. The normalized spacial score (nSPS) is 21.8. The highest BCUT2D eigenvalue weighted by Gasteiger charge is 2.19. The van der Waals surface area contributed by atoms with Crippen LogP contribution in [0.2, 0.25) is 0 Å². The third-order valence-electron chi connectivity index (χ3n) is 1.94. The van der Waals surface area contributed by atoms with Crippen molar-refractivity contribution in [3.63, 3.8) is 0 Å². The molecule has 13 heavy (non-hydrogen) atoms. The highest BCUT2D eigenvalue weighted by Crippen LogP contribution is 2.21. The van der Waals surface area contributed by atoms with Gasteiger partial charge in [0.15, 0.2) is 11.5 Å². The van der Waals surface area contributed by atoms with Crippen LogP contribution in [-0.2, 0) is 9.47 Å². The zero-order valence-electron chi connectivity index (χ0n) is 8.08. The van der Waals surface area contributed by atoms with Gasteiger partial charge < -0.3 is 9.47 Å². The van der Waals surface area contributed by atoms with Gasteiger partial charge in [-0.25, -0.2) is 0 Å². The molecule has 2 nitrogen and oxygen atoms in total. The van der Waals surface area contributed by atoms with Crippen LogP contribution in [0.15, 0.2) is 36.8 Å². The van der Waals surface area contributed by atoms with Gasteiger partial charge in [0.05, 0.1) is 0 Å². The second kappa shape index (κ2) is 4.75. The number of hydrogen-bond donors (Lipinski definition) is 0. The predicted octanol–water partition coefficient (Wildman–Crippen LogP) is 2.79. The van der Waals surface area contributed by atoms with Crippen molar-refractivity contribution in [1.29, 1.82) is 0 Å². The predicted molar refractivity (Wildman–Crippen MR) is 53.2 cm³/mol. The minimum atomic E-state index is 0.168. The van der Waals surface area contributed by atoms with Crippen molar-refractivity contribution < 1.29 is 9.47 Å². The fourth-order valence-corrected chi connectivity index (χ4v) is 1.30. The molecule has 0 N–H and O–H groups in total. The van der Waals surface area contributed by atoms with Crippen LogP contribution in [0.3, 0.4) is 0 Å². The summed E-state index contributed by atoms with van der Waals surface area (Å²) in [5.74, 6) is 1.40. The van der Waals surface area contributed by atoms with Crippen LogP contribution in [0.1, 0.15) is 19.8 Å². The summed E-state index contributed by atoms with van der Waals surface area (Å²) in [7, 11) is 0. The Morgan fingerprint density at radius 3 is 2.62 bits per heavy atom. The maximum atomic E-state index is 5.64. The van der Waals surface area contributed by atoms with Crippen molar-refractivity contribution in [2.45, 2.75) is 25.9 Å². The highest BCUT2D eigenvalue weighted by molar-refractivity contribution is 5.23. The molecular formula is C11H16O2. The van der Waals surface area contributed by atoms with Crippen molar-refractivity contribution in [2.75, 3.05) is 6.61 Å². The fraction of sp³-hybridized carbons (Fsp3) is 0.455. The molecule has 0 radical (unpaired) electrons. The van der Waals surface area contributed by atoms with Crippen LogP contribution in [0.5, 0.6) is 0 Å². The molecule has 0 bridgehead atoms. The van der Waals surface area contributed by atoms with Crippen molar-refractivity contribution >= 4 is 0 Å². The minimum Gasteiger partial charge on any atom is -0.486 e. The molecule has 0 aromatic rings. The Balaban J connectivity index is 2.66. The molecule has 0 aliphatic carbocycles. The summed E-state index contributed by atoms with van der Waals surface area (Å²) in [4.78, 5) is 0. The van der Waals surface area contributed by atoms with Gasteiger partial charge in [-0.15, -0.1) is 0 Å². The zero-order valence-corrected chi connectivity index (χ0v) is 8.08. The lowest BCUT2D eigenvalue weighted by Gasteiger charge is -2.26. The standard InChI is InChI=1S/C11H16O2/c1-4-7-9-8-12-10(5-2)11(6-3)13-9/h5-6,9H,2-4,7-8H2,1H3. The van der Waals surface area contributed by atoms with Crippen LogP contribution >= 0.6 is 0 Å². The third-order valence-corrected chi connectivity index (χ3v) is 1.94. The first kappa shape index (κ1) is 9.90. The van der Waals surface area contributed by atoms with Gasteiger partial charge in [0, 0.05) is 0 Å². The molecule has 1 heterocycles. The average molecular weight is 180 g/mol. The Morgan fingerprint density at radius 1 is 1.38 bits per heavy atom. The summed E-state index contributed by atoms with van der Waals surface area (Å²) in [5, 5.41) is 0. The summed E-state index contributed by atoms with van der Waals surface area (Å²) >= 11 is 0. The zero-order chi connectivity index (χ0) is 9.68. The van der Waals surface area contributed by atoms with E-state index in [-0.39, 0.29) is 6.10 Å². The highest BCUT2D eigenvalue weighted by atomic mass is 16.6. The third kappa shape index (κ3) is 2.38. The van der Waals surface area contributed by atoms with Gasteiger partial charge in [0.1, 0.15) is 12.7 Å². The van der Waals surface area contributed by atoms with E-state index in [1.807, 2.05) is 0 Å². The van der Waals surface area contributed by atoms with E-state index >= 15 is 0 Å². The van der Waals surface area contributed by atoms with Gasteiger partial charge in [0.2, 0.25) is 0 Å². The van der Waals surface area contributed by atoms with Gasteiger partial charge in [0.25, 0.3) is 0 Å². The van der Waals surface area contributed by atoms with Gasteiger partial charge in [-0.05, 0) is 18.6 Å². The fourth-order valence-electron chi connectivity index (χ4n) is 1.30. The Bertz CT molecular complexity index is 228. The summed E-state index contributed by atoms with van der Waals surface area (Å²) in [6.45, 7) is 10.1. The molecule has 1 aliphatic rings. The lowest BCUT2D eigenvalue weighted by atomic mass is 10.2.